The molecule has 0 spiro atoms. The second-order valence-electron chi connectivity index (χ2n) is 2.27. The summed E-state index contributed by atoms with van der Waals surface area (Å²) < 4.78 is 4.92. The average molecular weight is 172 g/mol. The van der Waals surface area contributed by atoms with E-state index in [-0.39, 0.29) is 0 Å². The second kappa shape index (κ2) is 9.87. The van der Waals surface area contributed by atoms with E-state index in [1.54, 1.807) is 7.11 Å². The van der Waals surface area contributed by atoms with E-state index in [1.807, 2.05) is 11.8 Å². The van der Waals surface area contributed by atoms with Crippen LogP contribution in [0.5, 0.6) is 0 Å². The van der Waals surface area contributed by atoms with E-state index in [0.29, 0.717) is 0 Å². The maximum absolute atomic E-state index is 5.11. The van der Waals surface area contributed by atoms with Crippen molar-refractivity contribution in [1.82, 2.24) is 0 Å². The van der Waals surface area contributed by atoms with Crippen LogP contribution in [-0.4, -0.2) is 25.2 Å². The van der Waals surface area contributed by atoms with Crippen LogP contribution in [0.15, 0.2) is 0 Å². The number of rotatable bonds is 7. The molecule has 0 aromatic carbocycles. The molecule has 11 heavy (non-hydrogen) atoms. The minimum atomic E-state index is 0.861. The summed E-state index contributed by atoms with van der Waals surface area (Å²) in [4.78, 5) is 0. The van der Waals surface area contributed by atoms with Crippen molar-refractivity contribution in [3.05, 3.63) is 0 Å². The van der Waals surface area contributed by atoms with E-state index in [9.17, 15) is 0 Å². The quantitative estimate of drug-likeness (QED) is 0.430. The minimum Gasteiger partial charge on any atom is -0.384 e. The molecule has 0 saturated carbocycles. The molecule has 0 aliphatic carbocycles. The third-order valence-corrected chi connectivity index (χ3v) is 2.32. The topological polar surface area (TPSA) is 9.23 Å². The van der Waals surface area contributed by atoms with Crippen molar-refractivity contribution in [1.29, 1.82) is 0 Å². The van der Waals surface area contributed by atoms with Gasteiger partial charge in [-0.1, -0.05) is 0 Å². The van der Waals surface area contributed by atoms with Gasteiger partial charge in [0, 0.05) is 19.3 Å². The summed E-state index contributed by atoms with van der Waals surface area (Å²) in [5.41, 5.74) is 0. The standard InChI is InChI=1S/C9H16OS/c1-3-4-5-6-8-11-9-7-10-2/h1H,4-9H2,2H3. The van der Waals surface area contributed by atoms with Crippen LogP contribution in [0.3, 0.4) is 0 Å². The third kappa shape index (κ3) is 9.87. The summed E-state index contributed by atoms with van der Waals surface area (Å²) in [7, 11) is 1.74. The lowest BCUT2D eigenvalue weighted by Crippen LogP contribution is -1.92. The summed E-state index contributed by atoms with van der Waals surface area (Å²) in [6.07, 6.45) is 8.43. The summed E-state index contributed by atoms with van der Waals surface area (Å²) in [6, 6.07) is 0. The lowest BCUT2D eigenvalue weighted by Gasteiger charge is -1.98. The monoisotopic (exact) mass is 172 g/mol. The first-order chi connectivity index (χ1) is 5.41. The van der Waals surface area contributed by atoms with Gasteiger partial charge in [-0.15, -0.1) is 12.3 Å². The van der Waals surface area contributed by atoms with Gasteiger partial charge < -0.3 is 4.74 Å². The SMILES string of the molecule is C#CCCCCSCCOC. The average Bonchev–Trinajstić information content (AvgIpc) is 2.03. The smallest absolute Gasteiger partial charge is 0.0552 e. The van der Waals surface area contributed by atoms with Crippen molar-refractivity contribution in [2.75, 3.05) is 25.2 Å². The molecule has 0 aliphatic rings. The van der Waals surface area contributed by atoms with E-state index in [4.69, 9.17) is 11.2 Å². The molecule has 0 aromatic heterocycles. The Labute approximate surface area is 73.9 Å². The number of methoxy groups -OCH3 is 1. The Hall–Kier alpha value is -0.130. The molecule has 0 radical (unpaired) electrons. The van der Waals surface area contributed by atoms with Gasteiger partial charge in [0.05, 0.1) is 6.61 Å². The Morgan fingerprint density at radius 3 is 2.82 bits per heavy atom. The third-order valence-electron chi connectivity index (χ3n) is 1.29. The second-order valence-corrected chi connectivity index (χ2v) is 3.49. The molecular weight excluding hydrogens is 156 g/mol. The highest BCUT2D eigenvalue weighted by Gasteiger charge is 1.88. The van der Waals surface area contributed by atoms with Gasteiger partial charge in [0.2, 0.25) is 0 Å². The summed E-state index contributed by atoms with van der Waals surface area (Å²) in [5.74, 6) is 4.95. The Balaban J connectivity index is 2.75. The van der Waals surface area contributed by atoms with Gasteiger partial charge in [-0.2, -0.15) is 11.8 Å². The Kier molecular flexibility index (Phi) is 9.75. The molecule has 0 amide bonds. The highest BCUT2D eigenvalue weighted by molar-refractivity contribution is 7.99. The maximum Gasteiger partial charge on any atom is 0.0552 e. The highest BCUT2D eigenvalue weighted by Crippen LogP contribution is 2.05. The van der Waals surface area contributed by atoms with Crippen LogP contribution in [0.2, 0.25) is 0 Å². The molecule has 0 fully saturated rings. The Morgan fingerprint density at radius 1 is 1.36 bits per heavy atom. The number of terminal acetylenes is 1. The van der Waals surface area contributed by atoms with Gasteiger partial charge in [-0.25, -0.2) is 0 Å². The zero-order chi connectivity index (χ0) is 8.36. The van der Waals surface area contributed by atoms with Crippen molar-refractivity contribution in [2.24, 2.45) is 0 Å². The lowest BCUT2D eigenvalue weighted by molar-refractivity contribution is 0.218. The molecule has 64 valence electrons. The fraction of sp³-hybridized carbons (Fsp3) is 0.778. The van der Waals surface area contributed by atoms with Gasteiger partial charge in [0.15, 0.2) is 0 Å². The summed E-state index contributed by atoms with van der Waals surface area (Å²) in [6.45, 7) is 0.861. The van der Waals surface area contributed by atoms with Crippen LogP contribution < -0.4 is 0 Å². The van der Waals surface area contributed by atoms with Crippen LogP contribution in [0.1, 0.15) is 19.3 Å². The fourth-order valence-electron chi connectivity index (χ4n) is 0.676. The molecule has 1 nitrogen and oxygen atoms in total. The fourth-order valence-corrected chi connectivity index (χ4v) is 1.57. The molecular formula is C9H16OS. The van der Waals surface area contributed by atoms with E-state index in [0.717, 1.165) is 25.2 Å². The molecule has 0 atom stereocenters. The van der Waals surface area contributed by atoms with E-state index < -0.39 is 0 Å². The van der Waals surface area contributed by atoms with Gasteiger partial charge in [-0.05, 0) is 18.6 Å². The number of thioether (sulfide) groups is 1. The van der Waals surface area contributed by atoms with Gasteiger partial charge >= 0.3 is 0 Å². The van der Waals surface area contributed by atoms with E-state index >= 15 is 0 Å². The molecule has 0 rings (SSSR count). The molecule has 0 heterocycles. The van der Waals surface area contributed by atoms with Crippen molar-refractivity contribution in [2.45, 2.75) is 19.3 Å². The predicted octanol–water partition coefficient (Wildman–Crippen LogP) is 2.17. The Morgan fingerprint density at radius 2 is 2.18 bits per heavy atom. The van der Waals surface area contributed by atoms with Crippen LogP contribution in [0.4, 0.5) is 0 Å². The van der Waals surface area contributed by atoms with Crippen molar-refractivity contribution >= 4 is 11.8 Å². The van der Waals surface area contributed by atoms with Crippen LogP contribution >= 0.6 is 11.8 Å². The van der Waals surface area contributed by atoms with Gasteiger partial charge in [0.1, 0.15) is 0 Å². The number of ether oxygens (including phenoxy) is 1. The molecule has 0 aromatic rings. The van der Waals surface area contributed by atoms with Crippen LogP contribution in [0, 0.1) is 12.3 Å². The molecule has 2 heteroatoms. The molecule has 0 bridgehead atoms. The van der Waals surface area contributed by atoms with Crippen molar-refractivity contribution in [3.8, 4) is 12.3 Å². The predicted molar refractivity (Wildman–Crippen MR) is 51.9 cm³/mol. The molecule has 0 aliphatic heterocycles. The number of hydrogen-bond acceptors (Lipinski definition) is 2. The minimum absolute atomic E-state index is 0.861. The van der Waals surface area contributed by atoms with Crippen LogP contribution in [-0.2, 0) is 4.74 Å². The first-order valence-electron chi connectivity index (χ1n) is 3.92. The Bertz CT molecular complexity index is 107. The van der Waals surface area contributed by atoms with Gasteiger partial charge in [-0.3, -0.25) is 0 Å². The number of unbranched alkanes of at least 4 members (excludes halogenated alkanes) is 2. The highest BCUT2D eigenvalue weighted by atomic mass is 32.2. The van der Waals surface area contributed by atoms with E-state index in [2.05, 4.69) is 5.92 Å². The van der Waals surface area contributed by atoms with Crippen molar-refractivity contribution < 1.29 is 4.74 Å². The largest absolute Gasteiger partial charge is 0.384 e. The zero-order valence-electron chi connectivity index (χ0n) is 7.14. The van der Waals surface area contributed by atoms with E-state index in [1.165, 1.54) is 12.2 Å². The lowest BCUT2D eigenvalue weighted by atomic mass is 10.3. The first kappa shape index (κ1) is 10.9. The van der Waals surface area contributed by atoms with Crippen LogP contribution in [0.25, 0.3) is 0 Å². The summed E-state index contributed by atoms with van der Waals surface area (Å²) in [5, 5.41) is 0. The van der Waals surface area contributed by atoms with Crippen molar-refractivity contribution in [3.63, 3.8) is 0 Å². The first-order valence-corrected chi connectivity index (χ1v) is 5.07. The molecule has 0 unspecified atom stereocenters. The number of hydrogen-bond donors (Lipinski definition) is 0. The molecule has 0 N–H and O–H groups in total. The molecule has 0 saturated heterocycles. The van der Waals surface area contributed by atoms with Gasteiger partial charge in [0.25, 0.3) is 0 Å². The maximum atomic E-state index is 5.11. The zero-order valence-corrected chi connectivity index (χ0v) is 7.95. The summed E-state index contributed by atoms with van der Waals surface area (Å²) >= 11 is 1.93. The normalized spacial score (nSPS) is 9.45.